The van der Waals surface area contributed by atoms with E-state index in [2.05, 4.69) is 25.5 Å². The van der Waals surface area contributed by atoms with Crippen molar-refractivity contribution in [3.63, 3.8) is 0 Å². The van der Waals surface area contributed by atoms with Crippen LogP contribution in [0.15, 0.2) is 84.5 Å². The van der Waals surface area contributed by atoms with Crippen LogP contribution in [-0.4, -0.2) is 43.0 Å². The maximum Gasteiger partial charge on any atom is 0.253 e. The Hall–Kier alpha value is -3.57. The number of amides is 1. The molecule has 0 radical (unpaired) electrons. The molecule has 5 rings (SSSR count). The third kappa shape index (κ3) is 6.60. The zero-order valence-corrected chi connectivity index (χ0v) is 20.8. The molecule has 190 valence electrons. The SMILES string of the molecule is O=C(NCc1ccc([C@@H]2O[C@H](CSc3ncn[nH]3)C[C@H](c3ccc(CO)cc3)O2)cc1)c1cccnc1. The Morgan fingerprint density at radius 1 is 1.05 bits per heavy atom. The summed E-state index contributed by atoms with van der Waals surface area (Å²) in [5, 5.41) is 19.8. The standard InChI is InChI=1S/C27H27N5O4S/c33-15-19-5-7-20(8-6-19)24-12-23(16-37-27-30-17-31-32-27)35-26(36-24)21-9-3-18(4-10-21)13-29-25(34)22-2-1-11-28-14-22/h1-11,14,17,23-24,26,33H,12-13,15-16H2,(H,29,34)(H,30,31,32)/t23-,24+,26+/m0/s1. The molecule has 0 aliphatic carbocycles. The van der Waals surface area contributed by atoms with Crippen molar-refractivity contribution < 1.29 is 19.4 Å². The minimum Gasteiger partial charge on any atom is -0.392 e. The Morgan fingerprint density at radius 2 is 1.84 bits per heavy atom. The number of hydrogen-bond acceptors (Lipinski definition) is 8. The number of carbonyl (C=O) groups excluding carboxylic acids is 1. The van der Waals surface area contributed by atoms with Crippen molar-refractivity contribution in [3.8, 4) is 0 Å². The number of aliphatic hydroxyl groups is 1. The van der Waals surface area contributed by atoms with E-state index in [1.165, 1.54) is 6.33 Å². The summed E-state index contributed by atoms with van der Waals surface area (Å²) in [4.78, 5) is 20.5. The van der Waals surface area contributed by atoms with Gasteiger partial charge in [-0.2, -0.15) is 5.10 Å². The van der Waals surface area contributed by atoms with Crippen LogP contribution in [0.4, 0.5) is 0 Å². The van der Waals surface area contributed by atoms with Crippen LogP contribution in [0, 0.1) is 0 Å². The molecule has 1 aliphatic rings. The monoisotopic (exact) mass is 517 g/mol. The largest absolute Gasteiger partial charge is 0.392 e. The third-order valence-electron chi connectivity index (χ3n) is 6.04. The van der Waals surface area contributed by atoms with Gasteiger partial charge < -0.3 is 19.9 Å². The molecule has 37 heavy (non-hydrogen) atoms. The summed E-state index contributed by atoms with van der Waals surface area (Å²) in [6.45, 7) is 0.402. The van der Waals surface area contributed by atoms with Crippen LogP contribution in [0.5, 0.6) is 0 Å². The number of thioether (sulfide) groups is 1. The molecule has 10 heteroatoms. The molecular formula is C27H27N5O4S. The van der Waals surface area contributed by atoms with Gasteiger partial charge in [-0.3, -0.25) is 14.9 Å². The third-order valence-corrected chi connectivity index (χ3v) is 7.05. The van der Waals surface area contributed by atoms with Crippen LogP contribution in [0.2, 0.25) is 0 Å². The van der Waals surface area contributed by atoms with E-state index in [1.807, 2.05) is 48.5 Å². The molecule has 1 saturated heterocycles. The Kier molecular flexibility index (Phi) is 8.21. The fourth-order valence-corrected chi connectivity index (χ4v) is 4.83. The minimum absolute atomic E-state index is 0.00300. The molecule has 1 amide bonds. The molecular weight excluding hydrogens is 490 g/mol. The molecule has 3 atom stereocenters. The number of aliphatic hydroxyl groups excluding tert-OH is 1. The Balaban J connectivity index is 1.26. The summed E-state index contributed by atoms with van der Waals surface area (Å²) < 4.78 is 12.7. The maximum absolute atomic E-state index is 12.3. The summed E-state index contributed by atoms with van der Waals surface area (Å²) in [6, 6.07) is 19.1. The van der Waals surface area contributed by atoms with Crippen LogP contribution in [0.25, 0.3) is 0 Å². The second kappa shape index (κ2) is 12.1. The lowest BCUT2D eigenvalue weighted by Gasteiger charge is -2.36. The van der Waals surface area contributed by atoms with Gasteiger partial charge in [-0.05, 0) is 28.8 Å². The quantitative estimate of drug-likeness (QED) is 0.285. The van der Waals surface area contributed by atoms with E-state index in [-0.39, 0.29) is 24.7 Å². The van der Waals surface area contributed by atoms with Crippen LogP contribution in [0.1, 0.15) is 51.4 Å². The van der Waals surface area contributed by atoms with E-state index >= 15 is 0 Å². The first-order valence-corrected chi connectivity index (χ1v) is 12.9. The van der Waals surface area contributed by atoms with E-state index in [4.69, 9.17) is 9.47 Å². The molecule has 3 N–H and O–H groups in total. The summed E-state index contributed by atoms with van der Waals surface area (Å²) in [5.74, 6) is 0.525. The molecule has 2 aromatic heterocycles. The fraction of sp³-hybridized carbons (Fsp3) is 0.259. The smallest absolute Gasteiger partial charge is 0.253 e. The van der Waals surface area contributed by atoms with E-state index in [9.17, 15) is 9.90 Å². The van der Waals surface area contributed by atoms with Gasteiger partial charge >= 0.3 is 0 Å². The van der Waals surface area contributed by atoms with Gasteiger partial charge in [-0.25, -0.2) is 4.98 Å². The topological polar surface area (TPSA) is 122 Å². The number of pyridine rings is 1. The number of aromatic nitrogens is 4. The number of benzene rings is 2. The second-order valence-electron chi connectivity index (χ2n) is 8.62. The van der Waals surface area contributed by atoms with Crippen molar-refractivity contribution in [2.45, 2.75) is 43.2 Å². The molecule has 3 heterocycles. The van der Waals surface area contributed by atoms with Crippen LogP contribution >= 0.6 is 11.8 Å². The van der Waals surface area contributed by atoms with Gasteiger partial charge in [0.05, 0.1) is 24.4 Å². The fourth-order valence-electron chi connectivity index (χ4n) is 4.03. The van der Waals surface area contributed by atoms with Gasteiger partial charge in [0.2, 0.25) is 0 Å². The molecule has 0 bridgehead atoms. The lowest BCUT2D eigenvalue weighted by Crippen LogP contribution is -2.31. The number of ether oxygens (including phenoxy) is 2. The van der Waals surface area contributed by atoms with Crippen LogP contribution in [-0.2, 0) is 22.6 Å². The highest BCUT2D eigenvalue weighted by atomic mass is 32.2. The van der Waals surface area contributed by atoms with Crippen LogP contribution < -0.4 is 5.32 Å². The van der Waals surface area contributed by atoms with Crippen molar-refractivity contribution in [1.82, 2.24) is 25.5 Å². The number of nitrogens with one attached hydrogen (secondary N) is 2. The molecule has 0 saturated carbocycles. The zero-order chi connectivity index (χ0) is 25.5. The summed E-state index contributed by atoms with van der Waals surface area (Å²) >= 11 is 1.56. The summed E-state index contributed by atoms with van der Waals surface area (Å²) in [6.07, 6.45) is 4.57. The number of hydrogen-bond donors (Lipinski definition) is 3. The average Bonchev–Trinajstić information content (AvgIpc) is 3.49. The molecule has 1 aliphatic heterocycles. The van der Waals surface area contributed by atoms with E-state index in [0.717, 1.165) is 27.4 Å². The predicted molar refractivity (Wildman–Crippen MR) is 137 cm³/mol. The van der Waals surface area contributed by atoms with Gasteiger partial charge in [0.15, 0.2) is 11.4 Å². The Labute approximate surface area is 218 Å². The lowest BCUT2D eigenvalue weighted by molar-refractivity contribution is -0.245. The first-order chi connectivity index (χ1) is 18.2. The van der Waals surface area contributed by atoms with Gasteiger partial charge in [0, 0.05) is 36.7 Å². The number of H-pyrrole nitrogens is 1. The van der Waals surface area contributed by atoms with E-state index < -0.39 is 6.29 Å². The molecule has 0 spiro atoms. The first kappa shape index (κ1) is 25.1. The van der Waals surface area contributed by atoms with E-state index in [1.54, 1.807) is 36.3 Å². The van der Waals surface area contributed by atoms with Crippen LogP contribution in [0.3, 0.4) is 0 Å². The Morgan fingerprint density at radius 3 is 2.54 bits per heavy atom. The van der Waals surface area contributed by atoms with Crippen molar-refractivity contribution in [2.24, 2.45) is 0 Å². The number of nitrogens with zero attached hydrogens (tertiary/aromatic N) is 3. The van der Waals surface area contributed by atoms with Crippen molar-refractivity contribution in [3.05, 3.63) is 107 Å². The van der Waals surface area contributed by atoms with Crippen molar-refractivity contribution in [2.75, 3.05) is 5.75 Å². The number of aromatic amines is 1. The highest BCUT2D eigenvalue weighted by Gasteiger charge is 2.32. The molecule has 1 fully saturated rings. The van der Waals surface area contributed by atoms with Crippen molar-refractivity contribution in [1.29, 1.82) is 0 Å². The van der Waals surface area contributed by atoms with Gasteiger partial charge in [-0.1, -0.05) is 60.3 Å². The second-order valence-corrected chi connectivity index (χ2v) is 9.63. The van der Waals surface area contributed by atoms with Crippen molar-refractivity contribution >= 4 is 17.7 Å². The molecule has 0 unspecified atom stereocenters. The number of rotatable bonds is 9. The highest BCUT2D eigenvalue weighted by Crippen LogP contribution is 2.39. The van der Waals surface area contributed by atoms with Gasteiger partial charge in [-0.15, -0.1) is 0 Å². The van der Waals surface area contributed by atoms with Gasteiger partial charge in [0.25, 0.3) is 5.91 Å². The number of carbonyl (C=O) groups is 1. The zero-order valence-electron chi connectivity index (χ0n) is 20.0. The van der Waals surface area contributed by atoms with Gasteiger partial charge in [0.1, 0.15) is 6.33 Å². The minimum atomic E-state index is -0.546. The lowest BCUT2D eigenvalue weighted by atomic mass is 10.0. The molecule has 2 aromatic carbocycles. The first-order valence-electron chi connectivity index (χ1n) is 11.9. The normalized spacial score (nSPS) is 19.4. The Bertz CT molecular complexity index is 1270. The molecule has 9 nitrogen and oxygen atoms in total. The highest BCUT2D eigenvalue weighted by molar-refractivity contribution is 7.99. The van der Waals surface area contributed by atoms with E-state index in [0.29, 0.717) is 24.3 Å². The summed E-state index contributed by atoms with van der Waals surface area (Å²) in [7, 11) is 0. The average molecular weight is 518 g/mol. The molecule has 4 aromatic rings. The maximum atomic E-state index is 12.3. The summed E-state index contributed by atoms with van der Waals surface area (Å²) in [5.41, 5.74) is 4.28. The predicted octanol–water partition coefficient (Wildman–Crippen LogP) is 3.96.